The molecule has 0 aromatic carbocycles. The van der Waals surface area contributed by atoms with Gasteiger partial charge in [0.1, 0.15) is 12.1 Å². The van der Waals surface area contributed by atoms with Crippen LogP contribution >= 0.6 is 0 Å². The molecule has 14 heteroatoms. The highest BCUT2D eigenvalue weighted by atomic mass is 16.4. The van der Waals surface area contributed by atoms with Crippen LogP contribution in [0.1, 0.15) is 38.6 Å². The van der Waals surface area contributed by atoms with Crippen LogP contribution in [0.3, 0.4) is 0 Å². The van der Waals surface area contributed by atoms with Crippen molar-refractivity contribution in [3.05, 3.63) is 36.4 Å². The quantitative estimate of drug-likeness (QED) is 0.144. The van der Waals surface area contributed by atoms with Crippen molar-refractivity contribution in [1.29, 1.82) is 0 Å². The Morgan fingerprint density at radius 2 is 1.36 bits per heavy atom. The maximum atomic E-state index is 13.3. The molecule has 2 heterocycles. The number of aromatic nitrogens is 4. The number of carbonyl (C=O) groups is 4. The van der Waals surface area contributed by atoms with Crippen LogP contribution in [-0.4, -0.2) is 84.1 Å². The monoisotopic (exact) mass is 506 g/mol. The third-order valence-corrected chi connectivity index (χ3v) is 5.33. The van der Waals surface area contributed by atoms with Crippen LogP contribution in [0.2, 0.25) is 0 Å². The largest absolute Gasteiger partial charge is 0.480 e. The summed E-state index contributed by atoms with van der Waals surface area (Å²) in [5, 5.41) is 26.5. The van der Waals surface area contributed by atoms with Crippen molar-refractivity contribution < 1.29 is 29.4 Å². The third kappa shape index (κ3) is 8.78. The zero-order chi connectivity index (χ0) is 26.8. The number of aromatic amines is 2. The van der Waals surface area contributed by atoms with Crippen LogP contribution in [0.25, 0.3) is 0 Å². The van der Waals surface area contributed by atoms with Gasteiger partial charge in [0, 0.05) is 36.6 Å². The van der Waals surface area contributed by atoms with Gasteiger partial charge >= 0.3 is 5.97 Å². The minimum absolute atomic E-state index is 0.0375. The SMILES string of the molecule is CC(C)CC(N)C(=O)NC(Cc1cnc[nH]1)C(=O)NC(Cc1cnc[nH]1)C(=O)NC(C(=O)O)C(C)O. The summed E-state index contributed by atoms with van der Waals surface area (Å²) in [7, 11) is 0. The molecule has 0 aliphatic heterocycles. The average molecular weight is 507 g/mol. The Bertz CT molecular complexity index is 992. The fourth-order valence-electron chi connectivity index (χ4n) is 3.46. The summed E-state index contributed by atoms with van der Waals surface area (Å²) in [6.45, 7) is 5.05. The standard InChI is InChI=1S/C22H34N8O6/c1-11(2)4-15(23)19(32)28-16(5-13-7-24-9-26-13)20(33)29-17(6-14-8-25-10-27-14)21(34)30-18(12(3)31)22(35)36/h7-12,15-18,31H,4-6,23H2,1-3H3,(H,24,26)(H,25,27)(H,28,32)(H,29,33)(H,30,34)(H,35,36). The van der Waals surface area contributed by atoms with Gasteiger partial charge in [-0.2, -0.15) is 0 Å². The van der Waals surface area contributed by atoms with E-state index in [-0.39, 0.29) is 18.8 Å². The number of hydrogen-bond acceptors (Lipinski definition) is 8. The number of nitrogens with two attached hydrogens (primary N) is 1. The van der Waals surface area contributed by atoms with Crippen molar-refractivity contribution in [3.8, 4) is 0 Å². The summed E-state index contributed by atoms with van der Waals surface area (Å²) in [6, 6.07) is -4.79. The molecule has 0 saturated carbocycles. The van der Waals surface area contributed by atoms with E-state index in [1.165, 1.54) is 32.0 Å². The number of nitrogens with zero attached hydrogens (tertiary/aromatic N) is 2. The number of H-pyrrole nitrogens is 2. The minimum Gasteiger partial charge on any atom is -0.480 e. The number of amides is 3. The Morgan fingerprint density at radius 3 is 1.75 bits per heavy atom. The molecule has 2 aromatic rings. The van der Waals surface area contributed by atoms with Crippen molar-refractivity contribution in [1.82, 2.24) is 35.9 Å². The van der Waals surface area contributed by atoms with E-state index in [1.54, 1.807) is 0 Å². The van der Waals surface area contributed by atoms with E-state index in [9.17, 15) is 29.4 Å². The number of aliphatic hydroxyl groups excluding tert-OH is 1. The number of carboxylic acid groups (broad SMARTS) is 1. The summed E-state index contributed by atoms with van der Waals surface area (Å²) in [5.41, 5.74) is 7.02. The Balaban J connectivity index is 2.23. The second kappa shape index (κ2) is 13.3. The van der Waals surface area contributed by atoms with E-state index >= 15 is 0 Å². The van der Waals surface area contributed by atoms with Gasteiger partial charge < -0.3 is 41.9 Å². The van der Waals surface area contributed by atoms with E-state index in [0.29, 0.717) is 17.8 Å². The number of aliphatic hydroxyl groups is 1. The van der Waals surface area contributed by atoms with Gasteiger partial charge in [-0.1, -0.05) is 13.8 Å². The molecule has 0 fully saturated rings. The van der Waals surface area contributed by atoms with Gasteiger partial charge in [0.15, 0.2) is 6.04 Å². The normalized spacial score (nSPS) is 15.4. The molecule has 0 saturated heterocycles. The predicted molar refractivity (Wildman–Crippen MR) is 127 cm³/mol. The van der Waals surface area contributed by atoms with Crippen LogP contribution < -0.4 is 21.7 Å². The van der Waals surface area contributed by atoms with Gasteiger partial charge in [-0.3, -0.25) is 14.4 Å². The lowest BCUT2D eigenvalue weighted by molar-refractivity contribution is -0.145. The number of aliphatic carboxylic acids is 1. The van der Waals surface area contributed by atoms with Gasteiger partial charge in [0.05, 0.1) is 24.8 Å². The molecule has 0 bridgehead atoms. The summed E-state index contributed by atoms with van der Waals surface area (Å²) in [5.74, 6) is -3.34. The van der Waals surface area contributed by atoms with E-state index in [1.807, 2.05) is 13.8 Å². The molecule has 0 aliphatic carbocycles. The zero-order valence-electron chi connectivity index (χ0n) is 20.4. The molecule has 5 atom stereocenters. The fraction of sp³-hybridized carbons (Fsp3) is 0.545. The maximum Gasteiger partial charge on any atom is 0.328 e. The predicted octanol–water partition coefficient (Wildman–Crippen LogP) is -1.79. The second-order valence-corrected chi connectivity index (χ2v) is 8.99. The Hall–Kier alpha value is -3.78. The van der Waals surface area contributed by atoms with Crippen molar-refractivity contribution in [2.45, 2.75) is 70.3 Å². The molecule has 0 spiro atoms. The summed E-state index contributed by atoms with van der Waals surface area (Å²) in [4.78, 5) is 63.8. The van der Waals surface area contributed by atoms with E-state index < -0.39 is 54.0 Å². The molecule has 2 rings (SSSR count). The number of imidazole rings is 2. The number of carboxylic acids is 1. The van der Waals surface area contributed by atoms with E-state index in [0.717, 1.165) is 0 Å². The van der Waals surface area contributed by atoms with Crippen molar-refractivity contribution in [2.24, 2.45) is 11.7 Å². The first-order valence-corrected chi connectivity index (χ1v) is 11.5. The molecular weight excluding hydrogens is 472 g/mol. The Morgan fingerprint density at radius 1 is 0.889 bits per heavy atom. The smallest absolute Gasteiger partial charge is 0.328 e. The maximum absolute atomic E-state index is 13.3. The lowest BCUT2D eigenvalue weighted by Gasteiger charge is -2.25. The lowest BCUT2D eigenvalue weighted by atomic mass is 10.0. The molecule has 36 heavy (non-hydrogen) atoms. The van der Waals surface area contributed by atoms with Crippen molar-refractivity contribution in [2.75, 3.05) is 0 Å². The van der Waals surface area contributed by atoms with Crippen LogP contribution in [0, 0.1) is 5.92 Å². The van der Waals surface area contributed by atoms with Gasteiger partial charge in [0.25, 0.3) is 0 Å². The van der Waals surface area contributed by atoms with Gasteiger partial charge in [-0.15, -0.1) is 0 Å². The summed E-state index contributed by atoms with van der Waals surface area (Å²) < 4.78 is 0. The first kappa shape index (κ1) is 28.5. The van der Waals surface area contributed by atoms with E-state index in [2.05, 4.69) is 35.9 Å². The highest BCUT2D eigenvalue weighted by Crippen LogP contribution is 2.07. The highest BCUT2D eigenvalue weighted by molar-refractivity contribution is 5.94. The molecule has 0 radical (unpaired) electrons. The van der Waals surface area contributed by atoms with Crippen LogP contribution in [-0.2, 0) is 32.0 Å². The fourth-order valence-corrected chi connectivity index (χ4v) is 3.46. The first-order valence-electron chi connectivity index (χ1n) is 11.5. The molecule has 5 unspecified atom stereocenters. The van der Waals surface area contributed by atoms with Crippen LogP contribution in [0.5, 0.6) is 0 Å². The zero-order valence-corrected chi connectivity index (χ0v) is 20.4. The third-order valence-electron chi connectivity index (χ3n) is 5.33. The first-order chi connectivity index (χ1) is 17.0. The Labute approximate surface area is 207 Å². The molecule has 3 amide bonds. The summed E-state index contributed by atoms with van der Waals surface area (Å²) >= 11 is 0. The van der Waals surface area contributed by atoms with Gasteiger partial charge in [-0.25, -0.2) is 14.8 Å². The molecule has 14 nitrogen and oxygen atoms in total. The number of hydrogen-bond donors (Lipinski definition) is 8. The molecule has 9 N–H and O–H groups in total. The van der Waals surface area contributed by atoms with Gasteiger partial charge in [0.2, 0.25) is 17.7 Å². The average Bonchev–Trinajstić information content (AvgIpc) is 3.49. The number of carbonyl (C=O) groups excluding carboxylic acids is 3. The van der Waals surface area contributed by atoms with Crippen LogP contribution in [0.15, 0.2) is 25.0 Å². The molecular formula is C22H34N8O6. The topological polar surface area (TPSA) is 228 Å². The highest BCUT2D eigenvalue weighted by Gasteiger charge is 2.32. The number of rotatable bonds is 14. The van der Waals surface area contributed by atoms with Crippen LogP contribution in [0.4, 0.5) is 0 Å². The Kier molecular flexibility index (Phi) is 10.5. The van der Waals surface area contributed by atoms with E-state index in [4.69, 9.17) is 5.73 Å². The number of nitrogens with one attached hydrogen (secondary N) is 5. The van der Waals surface area contributed by atoms with Crippen molar-refractivity contribution in [3.63, 3.8) is 0 Å². The lowest BCUT2D eigenvalue weighted by Crippen LogP contribution is -2.59. The molecule has 198 valence electrons. The molecule has 0 aliphatic rings. The van der Waals surface area contributed by atoms with Gasteiger partial charge in [-0.05, 0) is 19.3 Å². The molecule has 2 aromatic heterocycles. The van der Waals surface area contributed by atoms with Crippen molar-refractivity contribution >= 4 is 23.7 Å². The summed E-state index contributed by atoms with van der Waals surface area (Å²) in [6.07, 6.45) is 4.76. The minimum atomic E-state index is -1.59. The second-order valence-electron chi connectivity index (χ2n) is 8.99.